The van der Waals surface area contributed by atoms with Gasteiger partial charge in [-0.05, 0) is 28.6 Å². The van der Waals surface area contributed by atoms with E-state index >= 15 is 0 Å². The minimum Gasteiger partial charge on any atom is -0.407 e. The lowest BCUT2D eigenvalue weighted by atomic mass is 9.85. The van der Waals surface area contributed by atoms with Crippen molar-refractivity contribution in [3.05, 3.63) is 36.0 Å². The van der Waals surface area contributed by atoms with Gasteiger partial charge in [0.15, 0.2) is 0 Å². The number of fused-ring (bicyclic) bond motifs is 1. The molecule has 84 valence electrons. The van der Waals surface area contributed by atoms with Crippen LogP contribution >= 0.6 is 0 Å². The lowest BCUT2D eigenvalue weighted by Crippen LogP contribution is -2.24. The summed E-state index contributed by atoms with van der Waals surface area (Å²) < 4.78 is 1.48. The molecular weight excluding hydrogens is 201 g/mol. The van der Waals surface area contributed by atoms with Crippen molar-refractivity contribution in [2.45, 2.75) is 26.2 Å². The van der Waals surface area contributed by atoms with Crippen molar-refractivity contribution in [2.24, 2.45) is 0 Å². The van der Waals surface area contributed by atoms with Crippen molar-refractivity contribution in [3.63, 3.8) is 0 Å². The molecule has 16 heavy (non-hydrogen) atoms. The van der Waals surface area contributed by atoms with Crippen LogP contribution in [0.3, 0.4) is 0 Å². The van der Waals surface area contributed by atoms with E-state index in [1.807, 2.05) is 24.3 Å². The predicted molar refractivity (Wildman–Crippen MR) is 66.2 cm³/mol. The van der Waals surface area contributed by atoms with Crippen LogP contribution in [0.15, 0.2) is 30.5 Å². The van der Waals surface area contributed by atoms with Crippen molar-refractivity contribution < 1.29 is 10.0 Å². The maximum atomic E-state index is 9.32. The molecule has 0 spiro atoms. The summed E-state index contributed by atoms with van der Waals surface area (Å²) >= 11 is 0. The molecule has 1 heterocycles. The maximum Gasteiger partial charge on any atom is 0.592 e. The summed E-state index contributed by atoms with van der Waals surface area (Å²) in [5.74, 6) is 0. The zero-order valence-electron chi connectivity index (χ0n) is 9.81. The Kier molecular flexibility index (Phi) is 2.56. The summed E-state index contributed by atoms with van der Waals surface area (Å²) in [6.07, 6.45) is 1.70. The zero-order valence-corrected chi connectivity index (χ0v) is 9.81. The van der Waals surface area contributed by atoms with Crippen LogP contribution in [0.25, 0.3) is 10.9 Å². The monoisotopic (exact) mass is 217 g/mol. The van der Waals surface area contributed by atoms with Crippen molar-refractivity contribution in [1.29, 1.82) is 0 Å². The second-order valence-corrected chi connectivity index (χ2v) is 5.06. The van der Waals surface area contributed by atoms with Gasteiger partial charge in [0.05, 0.1) is 0 Å². The van der Waals surface area contributed by atoms with Crippen molar-refractivity contribution in [3.8, 4) is 0 Å². The minimum absolute atomic E-state index is 0.0233. The quantitative estimate of drug-likeness (QED) is 0.715. The molecule has 2 N–H and O–H groups in total. The first-order chi connectivity index (χ1) is 7.41. The molecule has 2 rings (SSSR count). The van der Waals surface area contributed by atoms with Gasteiger partial charge in [0.25, 0.3) is 0 Å². The molecule has 0 fully saturated rings. The molecule has 0 bridgehead atoms. The molecule has 0 aliphatic carbocycles. The van der Waals surface area contributed by atoms with Crippen molar-refractivity contribution in [2.75, 3.05) is 0 Å². The summed E-state index contributed by atoms with van der Waals surface area (Å²) in [4.78, 5) is 0. The average Bonchev–Trinajstić information content (AvgIpc) is 2.58. The second-order valence-electron chi connectivity index (χ2n) is 5.06. The second kappa shape index (κ2) is 3.65. The van der Waals surface area contributed by atoms with Crippen molar-refractivity contribution in [1.82, 2.24) is 4.48 Å². The van der Waals surface area contributed by atoms with Crippen LogP contribution in [0, 0.1) is 0 Å². The van der Waals surface area contributed by atoms with Crippen LogP contribution in [-0.2, 0) is 5.41 Å². The molecule has 0 amide bonds. The van der Waals surface area contributed by atoms with Gasteiger partial charge in [-0.1, -0.05) is 39.0 Å². The first-order valence-corrected chi connectivity index (χ1v) is 5.37. The van der Waals surface area contributed by atoms with Crippen LogP contribution in [0.4, 0.5) is 0 Å². The highest BCUT2D eigenvalue weighted by Crippen LogP contribution is 2.30. The van der Waals surface area contributed by atoms with E-state index in [9.17, 15) is 10.0 Å². The van der Waals surface area contributed by atoms with Gasteiger partial charge < -0.3 is 14.5 Å². The molecule has 0 saturated carbocycles. The fourth-order valence-electron chi connectivity index (χ4n) is 2.02. The lowest BCUT2D eigenvalue weighted by molar-refractivity contribution is 0.393. The van der Waals surface area contributed by atoms with Gasteiger partial charge in [-0.25, -0.2) is 0 Å². The number of rotatable bonds is 1. The molecule has 0 unspecified atom stereocenters. The van der Waals surface area contributed by atoms with E-state index in [1.54, 1.807) is 6.20 Å². The topological polar surface area (TPSA) is 45.4 Å². The van der Waals surface area contributed by atoms with E-state index in [4.69, 9.17) is 0 Å². The standard InChI is InChI=1S/C12H16BNO2/c1-12(2,3)10-6-4-5-9-7-8-14(11(9)10)13(15)16/h4-8,15-16H,1-3H3. The van der Waals surface area contributed by atoms with Gasteiger partial charge >= 0.3 is 7.25 Å². The molecule has 2 aromatic rings. The van der Waals surface area contributed by atoms with E-state index in [0.29, 0.717) is 0 Å². The summed E-state index contributed by atoms with van der Waals surface area (Å²) in [5.41, 5.74) is 1.98. The molecule has 1 aromatic heterocycles. The number of hydrogen-bond donors (Lipinski definition) is 2. The summed E-state index contributed by atoms with van der Waals surface area (Å²) in [5, 5.41) is 19.7. The largest absolute Gasteiger partial charge is 0.592 e. The molecule has 0 atom stereocenters. The minimum atomic E-state index is -1.49. The highest BCUT2D eigenvalue weighted by atomic mass is 16.4. The Hall–Kier alpha value is -1.26. The average molecular weight is 217 g/mol. The number of benzene rings is 1. The number of hydrogen-bond acceptors (Lipinski definition) is 2. The SMILES string of the molecule is CC(C)(C)c1cccc2ccn(B(O)O)c12. The maximum absolute atomic E-state index is 9.32. The lowest BCUT2D eigenvalue weighted by Gasteiger charge is -2.21. The Morgan fingerprint density at radius 3 is 2.38 bits per heavy atom. The molecular formula is C12H16BNO2. The Labute approximate surface area is 95.5 Å². The van der Waals surface area contributed by atoms with Gasteiger partial charge in [-0.2, -0.15) is 0 Å². The number of aromatic nitrogens is 1. The van der Waals surface area contributed by atoms with E-state index < -0.39 is 7.25 Å². The summed E-state index contributed by atoms with van der Waals surface area (Å²) in [7, 11) is -1.49. The van der Waals surface area contributed by atoms with Gasteiger partial charge in [0.1, 0.15) is 0 Å². The van der Waals surface area contributed by atoms with Gasteiger partial charge in [-0.15, -0.1) is 0 Å². The highest BCUT2D eigenvalue weighted by Gasteiger charge is 2.22. The third-order valence-electron chi connectivity index (χ3n) is 2.80. The first-order valence-electron chi connectivity index (χ1n) is 5.37. The van der Waals surface area contributed by atoms with E-state index in [2.05, 4.69) is 20.8 Å². The Balaban J connectivity index is 2.79. The molecule has 0 aliphatic heterocycles. The Morgan fingerprint density at radius 2 is 1.81 bits per heavy atom. The normalized spacial score (nSPS) is 12.1. The smallest absolute Gasteiger partial charge is 0.407 e. The predicted octanol–water partition coefficient (Wildman–Crippen LogP) is 1.76. The van der Waals surface area contributed by atoms with E-state index in [1.165, 1.54) is 4.48 Å². The van der Waals surface area contributed by atoms with Crippen LogP contribution < -0.4 is 0 Å². The van der Waals surface area contributed by atoms with Gasteiger partial charge in [-0.3, -0.25) is 0 Å². The van der Waals surface area contributed by atoms with Crippen LogP contribution in [0.2, 0.25) is 0 Å². The molecule has 3 nitrogen and oxygen atoms in total. The van der Waals surface area contributed by atoms with Crippen LogP contribution in [0.1, 0.15) is 26.3 Å². The fourth-order valence-corrected chi connectivity index (χ4v) is 2.02. The third-order valence-corrected chi connectivity index (χ3v) is 2.80. The molecule has 0 saturated heterocycles. The third kappa shape index (κ3) is 1.74. The Bertz CT molecular complexity index is 511. The first kappa shape index (κ1) is 11.2. The van der Waals surface area contributed by atoms with Crippen LogP contribution in [-0.4, -0.2) is 21.8 Å². The van der Waals surface area contributed by atoms with E-state index in [-0.39, 0.29) is 5.41 Å². The zero-order chi connectivity index (χ0) is 11.9. The van der Waals surface area contributed by atoms with Crippen LogP contribution in [0.5, 0.6) is 0 Å². The van der Waals surface area contributed by atoms with Crippen molar-refractivity contribution >= 4 is 18.2 Å². The molecule has 1 aromatic carbocycles. The Morgan fingerprint density at radius 1 is 1.12 bits per heavy atom. The van der Waals surface area contributed by atoms with Gasteiger partial charge in [0.2, 0.25) is 0 Å². The fraction of sp³-hybridized carbons (Fsp3) is 0.333. The summed E-state index contributed by atoms with van der Waals surface area (Å²) in [6, 6.07) is 7.89. The van der Waals surface area contributed by atoms with Gasteiger partial charge in [0, 0.05) is 5.52 Å². The molecule has 4 heteroatoms. The molecule has 0 radical (unpaired) electrons. The highest BCUT2D eigenvalue weighted by molar-refractivity contribution is 6.41. The number of para-hydroxylation sites is 1. The molecule has 0 aliphatic rings. The number of nitrogens with zero attached hydrogens (tertiary/aromatic N) is 1. The summed E-state index contributed by atoms with van der Waals surface area (Å²) in [6.45, 7) is 6.34. The van der Waals surface area contributed by atoms with E-state index in [0.717, 1.165) is 16.5 Å².